The summed E-state index contributed by atoms with van der Waals surface area (Å²) in [7, 11) is 0. The quantitative estimate of drug-likeness (QED) is 0.359. The molecule has 0 saturated heterocycles. The maximum absolute atomic E-state index is 9.99. The summed E-state index contributed by atoms with van der Waals surface area (Å²) in [5.41, 5.74) is 5.00. The molecule has 82 valence electrons. The van der Waals surface area contributed by atoms with Crippen LogP contribution in [0.15, 0.2) is 0 Å². The van der Waals surface area contributed by atoms with Gasteiger partial charge >= 0.3 is 63.3 Å². The van der Waals surface area contributed by atoms with E-state index in [9.17, 15) is 9.59 Å². The van der Waals surface area contributed by atoms with Gasteiger partial charge in [0.15, 0.2) is 0 Å². The van der Waals surface area contributed by atoms with E-state index < -0.39 is 24.1 Å². The van der Waals surface area contributed by atoms with Gasteiger partial charge in [0.05, 0.1) is 0 Å². The largest absolute Gasteiger partial charge is 1.00 e. The van der Waals surface area contributed by atoms with Crippen LogP contribution in [0.5, 0.6) is 0 Å². The van der Waals surface area contributed by atoms with Crippen molar-refractivity contribution in [3.8, 4) is 0 Å². The molecule has 0 rings (SSSR count). The van der Waals surface area contributed by atoms with E-state index in [1.54, 1.807) is 0 Å². The van der Waals surface area contributed by atoms with E-state index in [1.807, 2.05) is 0 Å². The third-order valence-corrected chi connectivity index (χ3v) is 0.986. The summed E-state index contributed by atoms with van der Waals surface area (Å²) in [6, 6.07) is -1.06. The average molecular weight is 247 g/mol. The van der Waals surface area contributed by atoms with Gasteiger partial charge in [-0.05, 0) is 6.42 Å². The molecule has 0 aliphatic carbocycles. The van der Waals surface area contributed by atoms with E-state index in [0.717, 1.165) is 0 Å². The Hall–Kier alpha value is -0.194. The second-order valence-corrected chi connectivity index (χ2v) is 2.14. The Balaban J connectivity index is -0.000000249. The molecule has 0 aliphatic rings. The minimum Gasteiger partial charge on any atom is -0.565 e. The molecule has 1 atom stereocenters. The molecular weight excluding hydrogens is 237 g/mol. The summed E-state index contributed by atoms with van der Waals surface area (Å²) in [6.45, 7) is 0. The monoisotopic (exact) mass is 247 g/mol. The van der Waals surface area contributed by atoms with Crippen molar-refractivity contribution in [3.63, 3.8) is 0 Å². The van der Waals surface area contributed by atoms with Crippen LogP contribution in [0.1, 0.15) is 12.8 Å². The molecule has 0 unspecified atom stereocenters. The molecule has 0 aromatic heterocycles. The molecule has 0 radical (unpaired) electrons. The third kappa shape index (κ3) is 24.8. The Bertz CT molecular complexity index is 216. The predicted octanol–water partition coefficient (Wildman–Crippen LogP) is -4.85. The molecule has 0 aliphatic heterocycles. The van der Waals surface area contributed by atoms with E-state index in [0.29, 0.717) is 0 Å². The third-order valence-electron chi connectivity index (χ3n) is 0.986. The van der Waals surface area contributed by atoms with Gasteiger partial charge in [-0.1, -0.05) is 0 Å². The van der Waals surface area contributed by atoms with Gasteiger partial charge in [-0.3, -0.25) is 9.59 Å². The number of rotatable bonds is 4. The summed E-state index contributed by atoms with van der Waals surface area (Å²) >= 11 is 0. The van der Waals surface area contributed by atoms with Crippen molar-refractivity contribution in [3.05, 3.63) is 0 Å². The first kappa shape index (κ1) is 20.2. The Labute approximate surface area is 127 Å². The summed E-state index contributed by atoms with van der Waals surface area (Å²) in [4.78, 5) is 28.3. The number of carbonyl (C=O) groups is 3. The standard InChI is InChI=1S/C5H9NO4.CH2O3.K/c6-3(5(9)10)1-2-4(7)8;2-1(3)4;/h3H,1-2,6H2,(H,7,8)(H,9,10);(H2,2,3,4);/q;;+1/p-1/t3-;;/m0../s1. The SMILES string of the molecule is N[C@@H](CCC(=O)O)C(=O)O.O=C([O-])O.[K+]. The van der Waals surface area contributed by atoms with Gasteiger partial charge < -0.3 is 31.0 Å². The minimum atomic E-state index is -2.08. The van der Waals surface area contributed by atoms with Gasteiger partial charge in [0.2, 0.25) is 6.16 Å². The van der Waals surface area contributed by atoms with Gasteiger partial charge in [0.1, 0.15) is 6.04 Å². The zero-order valence-corrected chi connectivity index (χ0v) is 11.2. The van der Waals surface area contributed by atoms with Crippen LogP contribution in [0.2, 0.25) is 0 Å². The molecule has 0 aromatic carbocycles. The van der Waals surface area contributed by atoms with Crippen LogP contribution in [0.4, 0.5) is 4.79 Å². The molecule has 15 heavy (non-hydrogen) atoms. The van der Waals surface area contributed by atoms with Crippen molar-refractivity contribution >= 4 is 18.1 Å². The summed E-state index contributed by atoms with van der Waals surface area (Å²) in [6.07, 6.45) is -2.31. The van der Waals surface area contributed by atoms with E-state index in [-0.39, 0.29) is 64.2 Å². The maximum Gasteiger partial charge on any atom is 1.00 e. The average Bonchev–Trinajstić information content (AvgIpc) is 1.98. The topological polar surface area (TPSA) is 161 Å². The second kappa shape index (κ2) is 11.9. The van der Waals surface area contributed by atoms with E-state index in [4.69, 9.17) is 31.0 Å². The van der Waals surface area contributed by atoms with Crippen LogP contribution in [-0.4, -0.2) is 39.5 Å². The van der Waals surface area contributed by atoms with Crippen molar-refractivity contribution < 1.29 is 86.2 Å². The van der Waals surface area contributed by atoms with Gasteiger partial charge in [0.25, 0.3) is 0 Å². The Morgan fingerprint density at radius 3 is 1.73 bits per heavy atom. The van der Waals surface area contributed by atoms with Crippen LogP contribution < -0.4 is 62.2 Å². The maximum atomic E-state index is 9.99. The van der Waals surface area contributed by atoms with Crippen LogP contribution in [-0.2, 0) is 9.59 Å². The molecule has 9 heteroatoms. The zero-order valence-electron chi connectivity index (χ0n) is 8.04. The minimum absolute atomic E-state index is 0. The Kier molecular flexibility index (Phi) is 16.0. The van der Waals surface area contributed by atoms with Crippen molar-refractivity contribution in [2.75, 3.05) is 0 Å². The first-order valence-electron chi connectivity index (χ1n) is 3.37. The molecule has 0 spiro atoms. The Morgan fingerprint density at radius 2 is 1.53 bits per heavy atom. The number of aliphatic carboxylic acids is 2. The van der Waals surface area contributed by atoms with Crippen molar-refractivity contribution in [1.82, 2.24) is 0 Å². The number of carboxylic acids is 2. The molecule has 0 aromatic rings. The zero-order chi connectivity index (χ0) is 11.7. The first-order chi connectivity index (χ1) is 6.27. The van der Waals surface area contributed by atoms with Crippen molar-refractivity contribution in [2.24, 2.45) is 5.73 Å². The van der Waals surface area contributed by atoms with Gasteiger partial charge in [-0.2, -0.15) is 0 Å². The van der Waals surface area contributed by atoms with Crippen LogP contribution in [0.3, 0.4) is 0 Å². The fourth-order valence-corrected chi connectivity index (χ4v) is 0.402. The van der Waals surface area contributed by atoms with Crippen LogP contribution in [0.25, 0.3) is 0 Å². The molecule has 0 bridgehead atoms. The van der Waals surface area contributed by atoms with E-state index in [2.05, 4.69) is 0 Å². The van der Waals surface area contributed by atoms with Crippen LogP contribution in [0, 0.1) is 0 Å². The first-order valence-corrected chi connectivity index (χ1v) is 3.37. The predicted molar refractivity (Wildman–Crippen MR) is 40.5 cm³/mol. The number of hydrogen-bond donors (Lipinski definition) is 4. The van der Waals surface area contributed by atoms with Gasteiger partial charge in [-0.15, -0.1) is 0 Å². The van der Waals surface area contributed by atoms with Crippen LogP contribution >= 0.6 is 0 Å². The molecule has 0 heterocycles. The van der Waals surface area contributed by atoms with Gasteiger partial charge in [0, 0.05) is 6.42 Å². The van der Waals surface area contributed by atoms with Crippen molar-refractivity contribution in [2.45, 2.75) is 18.9 Å². The summed E-state index contributed by atoms with van der Waals surface area (Å²) in [5, 5.41) is 31.6. The fraction of sp³-hybridized carbons (Fsp3) is 0.500. The molecule has 5 N–H and O–H groups in total. The molecular formula is C6H10KNO7. The van der Waals surface area contributed by atoms with E-state index >= 15 is 0 Å². The Morgan fingerprint density at radius 1 is 1.20 bits per heavy atom. The summed E-state index contributed by atoms with van der Waals surface area (Å²) < 4.78 is 0. The van der Waals surface area contributed by atoms with E-state index in [1.165, 1.54) is 0 Å². The molecule has 8 nitrogen and oxygen atoms in total. The summed E-state index contributed by atoms with van der Waals surface area (Å²) in [5.74, 6) is -2.20. The normalized spacial score (nSPS) is 9.93. The number of hydrogen-bond acceptors (Lipinski definition) is 5. The second-order valence-electron chi connectivity index (χ2n) is 2.14. The number of carboxylic acid groups (broad SMARTS) is 4. The molecule has 0 fully saturated rings. The molecule has 0 amide bonds. The smallest absolute Gasteiger partial charge is 0.565 e. The van der Waals surface area contributed by atoms with Crippen molar-refractivity contribution in [1.29, 1.82) is 0 Å². The fourth-order valence-electron chi connectivity index (χ4n) is 0.402. The molecule has 0 saturated carbocycles. The van der Waals surface area contributed by atoms with Gasteiger partial charge in [-0.25, -0.2) is 0 Å². The number of nitrogens with two attached hydrogens (primary N) is 1.